The summed E-state index contributed by atoms with van der Waals surface area (Å²) in [5.41, 5.74) is 0.348. The van der Waals surface area contributed by atoms with E-state index in [0.717, 1.165) is 0 Å². The zero-order chi connectivity index (χ0) is 17.4. The van der Waals surface area contributed by atoms with E-state index in [1.54, 1.807) is 24.3 Å². The van der Waals surface area contributed by atoms with Gasteiger partial charge in [-0.25, -0.2) is 0 Å². The second-order valence-electron chi connectivity index (χ2n) is 6.04. The van der Waals surface area contributed by atoms with Crippen molar-refractivity contribution in [1.29, 1.82) is 0 Å². The van der Waals surface area contributed by atoms with Crippen LogP contribution in [0.15, 0.2) is 24.3 Å². The number of aliphatic hydroxyl groups is 1. The molecule has 0 aliphatic rings. The highest BCUT2D eigenvalue weighted by atomic mass is 35.5. The highest BCUT2D eigenvalue weighted by molar-refractivity contribution is 6.33. The van der Waals surface area contributed by atoms with Crippen LogP contribution in [-0.4, -0.2) is 36.1 Å². The molecule has 0 aliphatic carbocycles. The monoisotopic (exact) mass is 340 g/mol. The average Bonchev–Trinajstić information content (AvgIpc) is 2.50. The number of aliphatic hydroxyl groups excluding tert-OH is 1. The van der Waals surface area contributed by atoms with E-state index in [2.05, 4.69) is 10.6 Å². The molecule has 0 saturated heterocycles. The van der Waals surface area contributed by atoms with Crippen LogP contribution in [0.5, 0.6) is 0 Å². The Morgan fingerprint density at radius 3 is 2.43 bits per heavy atom. The van der Waals surface area contributed by atoms with Crippen molar-refractivity contribution in [2.24, 2.45) is 11.8 Å². The van der Waals surface area contributed by atoms with Crippen LogP contribution < -0.4 is 10.6 Å². The molecule has 0 bridgehead atoms. The molecule has 0 radical (unpaired) electrons. The quantitative estimate of drug-likeness (QED) is 0.679. The van der Waals surface area contributed by atoms with E-state index in [4.69, 9.17) is 16.7 Å². The molecule has 0 saturated carbocycles. The molecular weight excluding hydrogens is 316 g/mol. The Morgan fingerprint density at radius 1 is 1.22 bits per heavy atom. The molecule has 2 atom stereocenters. The molecule has 0 spiro atoms. The van der Waals surface area contributed by atoms with Crippen molar-refractivity contribution >= 4 is 23.4 Å². The zero-order valence-electron chi connectivity index (χ0n) is 13.8. The van der Waals surface area contributed by atoms with Crippen LogP contribution in [0.2, 0.25) is 5.02 Å². The van der Waals surface area contributed by atoms with Crippen LogP contribution in [0, 0.1) is 11.8 Å². The summed E-state index contributed by atoms with van der Waals surface area (Å²) in [6.07, 6.45) is 0.624. The molecule has 2 amide bonds. The minimum Gasteiger partial charge on any atom is -0.396 e. The second-order valence-corrected chi connectivity index (χ2v) is 6.44. The van der Waals surface area contributed by atoms with Gasteiger partial charge >= 0.3 is 0 Å². The fourth-order valence-corrected chi connectivity index (χ4v) is 2.33. The number of benzene rings is 1. The summed E-state index contributed by atoms with van der Waals surface area (Å²) in [6, 6.07) is 6.09. The first-order valence-electron chi connectivity index (χ1n) is 7.80. The summed E-state index contributed by atoms with van der Waals surface area (Å²) in [5, 5.41) is 14.8. The van der Waals surface area contributed by atoms with Gasteiger partial charge in [0.2, 0.25) is 5.91 Å². The molecule has 23 heavy (non-hydrogen) atoms. The Hall–Kier alpha value is -1.59. The van der Waals surface area contributed by atoms with E-state index in [-0.39, 0.29) is 30.3 Å². The van der Waals surface area contributed by atoms with Crippen LogP contribution in [0.4, 0.5) is 0 Å². The zero-order valence-corrected chi connectivity index (χ0v) is 14.6. The molecule has 1 rings (SSSR count). The van der Waals surface area contributed by atoms with Crippen LogP contribution in [-0.2, 0) is 4.79 Å². The number of nitrogens with one attached hydrogen (secondary N) is 2. The number of rotatable bonds is 8. The summed E-state index contributed by atoms with van der Waals surface area (Å²) in [7, 11) is 0. The van der Waals surface area contributed by atoms with Gasteiger partial charge in [-0.1, -0.05) is 44.5 Å². The topological polar surface area (TPSA) is 78.4 Å². The number of amides is 2. The highest BCUT2D eigenvalue weighted by Gasteiger charge is 2.25. The van der Waals surface area contributed by atoms with Crippen molar-refractivity contribution in [2.45, 2.75) is 33.2 Å². The first-order chi connectivity index (χ1) is 10.9. The molecule has 5 nitrogen and oxygen atoms in total. The minimum atomic E-state index is -0.639. The Kier molecular flexibility index (Phi) is 8.06. The van der Waals surface area contributed by atoms with Gasteiger partial charge in [0, 0.05) is 13.2 Å². The normalized spacial score (nSPS) is 13.5. The summed E-state index contributed by atoms with van der Waals surface area (Å²) in [4.78, 5) is 24.6. The van der Waals surface area contributed by atoms with E-state index in [1.165, 1.54) is 0 Å². The van der Waals surface area contributed by atoms with Crippen molar-refractivity contribution in [3.8, 4) is 0 Å². The number of halogens is 1. The van der Waals surface area contributed by atoms with Crippen molar-refractivity contribution < 1.29 is 14.7 Å². The molecule has 2 unspecified atom stereocenters. The lowest BCUT2D eigenvalue weighted by Gasteiger charge is -2.23. The number of hydrogen-bond donors (Lipinski definition) is 3. The van der Waals surface area contributed by atoms with Crippen molar-refractivity contribution in [3.63, 3.8) is 0 Å². The van der Waals surface area contributed by atoms with Gasteiger partial charge in [0.05, 0.1) is 10.6 Å². The van der Waals surface area contributed by atoms with Gasteiger partial charge in [-0.2, -0.15) is 0 Å². The van der Waals surface area contributed by atoms with Gasteiger partial charge in [-0.05, 0) is 30.4 Å². The fraction of sp³-hybridized carbons (Fsp3) is 0.529. The van der Waals surface area contributed by atoms with Gasteiger partial charge in [-0.3, -0.25) is 9.59 Å². The maximum Gasteiger partial charge on any atom is 0.253 e. The molecule has 6 heteroatoms. The third-order valence-electron chi connectivity index (χ3n) is 3.60. The number of carbonyl (C=O) groups is 2. The third kappa shape index (κ3) is 6.20. The summed E-state index contributed by atoms with van der Waals surface area (Å²) in [5.74, 6) is -0.483. The van der Waals surface area contributed by atoms with E-state index < -0.39 is 6.04 Å². The predicted octanol–water partition coefficient (Wildman–Crippen LogP) is 2.23. The van der Waals surface area contributed by atoms with Gasteiger partial charge < -0.3 is 15.7 Å². The first kappa shape index (κ1) is 19.5. The lowest BCUT2D eigenvalue weighted by molar-refractivity contribution is -0.124. The Labute approximate surface area is 142 Å². The molecule has 0 fully saturated rings. The molecule has 0 heterocycles. The van der Waals surface area contributed by atoms with Gasteiger partial charge in [0.1, 0.15) is 6.04 Å². The largest absolute Gasteiger partial charge is 0.396 e. The van der Waals surface area contributed by atoms with Gasteiger partial charge in [0.15, 0.2) is 0 Å². The fourth-order valence-electron chi connectivity index (χ4n) is 2.11. The number of carbonyl (C=O) groups excluding carboxylic acids is 2. The minimum absolute atomic E-state index is 0.0606. The van der Waals surface area contributed by atoms with Gasteiger partial charge in [0.25, 0.3) is 5.91 Å². The maximum absolute atomic E-state index is 12.3. The number of hydrogen-bond acceptors (Lipinski definition) is 3. The predicted molar refractivity (Wildman–Crippen MR) is 91.4 cm³/mol. The first-order valence-corrected chi connectivity index (χ1v) is 8.18. The van der Waals surface area contributed by atoms with Crippen molar-refractivity contribution in [1.82, 2.24) is 10.6 Å². The molecule has 128 valence electrons. The maximum atomic E-state index is 12.3. The Balaban J connectivity index is 2.69. The molecular formula is C17H25ClN2O3. The second kappa shape index (κ2) is 9.53. The third-order valence-corrected chi connectivity index (χ3v) is 3.93. The lowest BCUT2D eigenvalue weighted by Crippen LogP contribution is -2.50. The van der Waals surface area contributed by atoms with Crippen LogP contribution in [0.1, 0.15) is 37.6 Å². The summed E-state index contributed by atoms with van der Waals surface area (Å²) < 4.78 is 0. The highest BCUT2D eigenvalue weighted by Crippen LogP contribution is 2.15. The molecule has 0 aromatic heterocycles. The van der Waals surface area contributed by atoms with Gasteiger partial charge in [-0.15, -0.1) is 0 Å². The average molecular weight is 341 g/mol. The molecule has 1 aromatic carbocycles. The summed E-state index contributed by atoms with van der Waals surface area (Å²) >= 11 is 6.01. The SMILES string of the molecule is CC(CCO)CNC(=O)C(NC(=O)c1ccccc1Cl)C(C)C. The van der Waals surface area contributed by atoms with Crippen LogP contribution in [0.3, 0.4) is 0 Å². The van der Waals surface area contributed by atoms with Crippen molar-refractivity contribution in [2.75, 3.05) is 13.2 Å². The Morgan fingerprint density at radius 2 is 1.87 bits per heavy atom. The Bertz CT molecular complexity index is 534. The lowest BCUT2D eigenvalue weighted by atomic mass is 10.0. The van der Waals surface area contributed by atoms with E-state index in [0.29, 0.717) is 23.6 Å². The standard InChI is InChI=1S/C17H25ClN2O3/c1-11(2)15(17(23)19-10-12(3)8-9-21)20-16(22)13-6-4-5-7-14(13)18/h4-7,11-12,15,21H,8-10H2,1-3H3,(H,19,23)(H,20,22). The van der Waals surface area contributed by atoms with E-state index >= 15 is 0 Å². The van der Waals surface area contributed by atoms with E-state index in [1.807, 2.05) is 20.8 Å². The molecule has 1 aromatic rings. The van der Waals surface area contributed by atoms with Crippen molar-refractivity contribution in [3.05, 3.63) is 34.9 Å². The molecule has 3 N–H and O–H groups in total. The smallest absolute Gasteiger partial charge is 0.253 e. The van der Waals surface area contributed by atoms with Crippen LogP contribution >= 0.6 is 11.6 Å². The summed E-state index contributed by atoms with van der Waals surface area (Å²) in [6.45, 7) is 6.24. The molecule has 0 aliphatic heterocycles. The van der Waals surface area contributed by atoms with E-state index in [9.17, 15) is 9.59 Å². The van der Waals surface area contributed by atoms with Crippen LogP contribution in [0.25, 0.3) is 0 Å².